The third-order valence-electron chi connectivity index (χ3n) is 3.84. The number of amides is 1. The first-order valence-corrected chi connectivity index (χ1v) is 6.80. The van der Waals surface area contributed by atoms with Crippen LogP contribution in [0.2, 0.25) is 5.02 Å². The molecule has 1 heterocycles. The van der Waals surface area contributed by atoms with E-state index in [9.17, 15) is 4.79 Å². The third-order valence-corrected chi connectivity index (χ3v) is 4.08. The Morgan fingerprint density at radius 2 is 2.05 bits per heavy atom. The van der Waals surface area contributed by atoms with E-state index in [1.807, 2.05) is 18.7 Å². The quantitative estimate of drug-likeness (QED) is 0.789. The zero-order valence-electron chi connectivity index (χ0n) is 11.2. The van der Waals surface area contributed by atoms with Gasteiger partial charge in [0, 0.05) is 23.7 Å². The van der Waals surface area contributed by atoms with Crippen molar-refractivity contribution >= 4 is 17.5 Å². The molecule has 0 atom stereocenters. The van der Waals surface area contributed by atoms with E-state index in [2.05, 4.69) is 6.07 Å². The van der Waals surface area contributed by atoms with E-state index in [0.717, 1.165) is 18.4 Å². The Morgan fingerprint density at radius 1 is 1.42 bits per heavy atom. The van der Waals surface area contributed by atoms with Crippen LogP contribution in [-0.2, 0) is 0 Å². The van der Waals surface area contributed by atoms with E-state index in [4.69, 9.17) is 16.9 Å². The molecule has 100 valence electrons. The number of hydrogen-bond donors (Lipinski definition) is 0. The average Bonchev–Trinajstić information content (AvgIpc) is 2.39. The van der Waals surface area contributed by atoms with Crippen molar-refractivity contribution in [1.82, 2.24) is 4.90 Å². The van der Waals surface area contributed by atoms with Crippen molar-refractivity contribution in [2.24, 2.45) is 5.41 Å². The number of carbonyl (C=O) groups is 1. The maximum Gasteiger partial charge on any atom is 0.254 e. The van der Waals surface area contributed by atoms with Gasteiger partial charge in [0.05, 0.1) is 11.5 Å². The molecule has 0 spiro atoms. The van der Waals surface area contributed by atoms with Crippen LogP contribution in [0, 0.1) is 23.7 Å². The van der Waals surface area contributed by atoms with E-state index in [-0.39, 0.29) is 11.3 Å². The summed E-state index contributed by atoms with van der Waals surface area (Å²) in [4.78, 5) is 14.3. The number of likely N-dealkylation sites (tertiary alicyclic amines) is 1. The van der Waals surface area contributed by atoms with Gasteiger partial charge in [-0.2, -0.15) is 5.26 Å². The zero-order valence-corrected chi connectivity index (χ0v) is 12.0. The van der Waals surface area contributed by atoms with Gasteiger partial charge in [-0.1, -0.05) is 11.6 Å². The Labute approximate surface area is 118 Å². The normalized spacial score (nSPS) is 17.9. The summed E-state index contributed by atoms with van der Waals surface area (Å²) in [5.41, 5.74) is 1.31. The number of hydrogen-bond acceptors (Lipinski definition) is 2. The van der Waals surface area contributed by atoms with Gasteiger partial charge >= 0.3 is 0 Å². The molecule has 2 rings (SSSR count). The minimum Gasteiger partial charge on any atom is -0.339 e. The maximum atomic E-state index is 12.4. The van der Waals surface area contributed by atoms with Gasteiger partial charge in [-0.25, -0.2) is 0 Å². The van der Waals surface area contributed by atoms with Crippen LogP contribution < -0.4 is 0 Å². The van der Waals surface area contributed by atoms with Crippen LogP contribution in [0.5, 0.6) is 0 Å². The second kappa shape index (κ2) is 5.22. The largest absolute Gasteiger partial charge is 0.339 e. The van der Waals surface area contributed by atoms with E-state index in [1.165, 1.54) is 0 Å². The van der Waals surface area contributed by atoms with Crippen molar-refractivity contribution in [1.29, 1.82) is 5.26 Å². The van der Waals surface area contributed by atoms with E-state index >= 15 is 0 Å². The van der Waals surface area contributed by atoms with Crippen LogP contribution in [0.3, 0.4) is 0 Å². The van der Waals surface area contributed by atoms with Gasteiger partial charge in [0.1, 0.15) is 0 Å². The van der Waals surface area contributed by atoms with Crippen LogP contribution in [0.4, 0.5) is 0 Å². The summed E-state index contributed by atoms with van der Waals surface area (Å²) in [5.74, 6) is 0.0363. The number of rotatable bonds is 1. The van der Waals surface area contributed by atoms with Crippen molar-refractivity contribution in [3.8, 4) is 6.07 Å². The van der Waals surface area contributed by atoms with Crippen LogP contribution in [-0.4, -0.2) is 23.9 Å². The molecule has 1 fully saturated rings. The molecule has 3 nitrogen and oxygen atoms in total. The Balaban J connectivity index is 2.12. The lowest BCUT2D eigenvalue weighted by molar-refractivity contribution is 0.0661. The highest BCUT2D eigenvalue weighted by atomic mass is 35.5. The van der Waals surface area contributed by atoms with E-state index < -0.39 is 0 Å². The molecule has 0 radical (unpaired) electrons. The fraction of sp³-hybridized carbons (Fsp3) is 0.467. The Morgan fingerprint density at radius 3 is 2.58 bits per heavy atom. The van der Waals surface area contributed by atoms with Gasteiger partial charge in [-0.05, 0) is 50.5 Å². The molecule has 0 saturated carbocycles. The molecule has 1 aliphatic heterocycles. The first kappa shape index (κ1) is 13.9. The van der Waals surface area contributed by atoms with E-state index in [0.29, 0.717) is 23.7 Å². The molecule has 0 aromatic heterocycles. The Kier molecular flexibility index (Phi) is 3.82. The average molecular weight is 277 g/mol. The number of carbonyl (C=O) groups excluding carboxylic acids is 1. The molecular formula is C15H17ClN2O. The number of aryl methyl sites for hydroxylation is 1. The van der Waals surface area contributed by atoms with Crippen LogP contribution >= 0.6 is 11.6 Å². The SMILES string of the molecule is Cc1cc(Cl)ccc1C(=O)N1CCC(C)(C#N)CC1. The minimum absolute atomic E-state index is 0.0363. The smallest absolute Gasteiger partial charge is 0.254 e. The lowest BCUT2D eigenvalue weighted by Crippen LogP contribution is -2.41. The number of nitriles is 1. The zero-order chi connectivity index (χ0) is 14.0. The van der Waals surface area contributed by atoms with Crippen molar-refractivity contribution in [2.45, 2.75) is 26.7 Å². The molecule has 19 heavy (non-hydrogen) atoms. The van der Waals surface area contributed by atoms with E-state index in [1.54, 1.807) is 18.2 Å². The van der Waals surface area contributed by atoms with Crippen molar-refractivity contribution < 1.29 is 4.79 Å². The van der Waals surface area contributed by atoms with Gasteiger partial charge in [0.15, 0.2) is 0 Å². The van der Waals surface area contributed by atoms with Crippen LogP contribution in [0.25, 0.3) is 0 Å². The molecule has 1 aliphatic rings. The summed E-state index contributed by atoms with van der Waals surface area (Å²) in [5, 5.41) is 9.74. The highest BCUT2D eigenvalue weighted by molar-refractivity contribution is 6.30. The highest BCUT2D eigenvalue weighted by Gasteiger charge is 2.32. The first-order chi connectivity index (χ1) is 8.95. The molecule has 0 unspecified atom stereocenters. The van der Waals surface area contributed by atoms with Crippen LogP contribution in [0.1, 0.15) is 35.7 Å². The van der Waals surface area contributed by atoms with Crippen molar-refractivity contribution in [3.05, 3.63) is 34.3 Å². The summed E-state index contributed by atoms with van der Waals surface area (Å²) >= 11 is 5.90. The number of halogens is 1. The predicted octanol–water partition coefficient (Wildman–Crippen LogP) is 3.41. The lowest BCUT2D eigenvalue weighted by atomic mass is 9.82. The molecule has 0 aliphatic carbocycles. The van der Waals surface area contributed by atoms with Crippen molar-refractivity contribution in [3.63, 3.8) is 0 Å². The molecule has 1 aromatic carbocycles. The van der Waals surface area contributed by atoms with Gasteiger partial charge in [-0.3, -0.25) is 4.79 Å². The number of nitrogens with zero attached hydrogens (tertiary/aromatic N) is 2. The van der Waals surface area contributed by atoms with Gasteiger partial charge in [0.25, 0.3) is 5.91 Å². The Hall–Kier alpha value is -1.53. The maximum absolute atomic E-state index is 12.4. The Bertz CT molecular complexity index is 540. The predicted molar refractivity (Wildman–Crippen MR) is 75.0 cm³/mol. The summed E-state index contributed by atoms with van der Waals surface area (Å²) < 4.78 is 0. The second-order valence-electron chi connectivity index (χ2n) is 5.42. The minimum atomic E-state index is -0.286. The topological polar surface area (TPSA) is 44.1 Å². The lowest BCUT2D eigenvalue weighted by Gasteiger charge is -2.35. The van der Waals surface area contributed by atoms with Gasteiger partial charge in [-0.15, -0.1) is 0 Å². The second-order valence-corrected chi connectivity index (χ2v) is 5.86. The molecule has 1 saturated heterocycles. The van der Waals surface area contributed by atoms with Gasteiger partial charge in [0.2, 0.25) is 0 Å². The highest BCUT2D eigenvalue weighted by Crippen LogP contribution is 2.30. The summed E-state index contributed by atoms with van der Waals surface area (Å²) in [6.07, 6.45) is 1.48. The summed E-state index contributed by atoms with van der Waals surface area (Å²) in [7, 11) is 0. The summed E-state index contributed by atoms with van der Waals surface area (Å²) in [6.45, 7) is 5.14. The first-order valence-electron chi connectivity index (χ1n) is 6.42. The fourth-order valence-corrected chi connectivity index (χ4v) is 2.58. The van der Waals surface area contributed by atoms with Gasteiger partial charge < -0.3 is 4.90 Å². The van der Waals surface area contributed by atoms with Crippen molar-refractivity contribution in [2.75, 3.05) is 13.1 Å². The molecule has 0 N–H and O–H groups in total. The third kappa shape index (κ3) is 2.90. The molecule has 1 amide bonds. The molecule has 4 heteroatoms. The van der Waals surface area contributed by atoms with Crippen LogP contribution in [0.15, 0.2) is 18.2 Å². The monoisotopic (exact) mass is 276 g/mol. The molecular weight excluding hydrogens is 260 g/mol. The molecule has 1 aromatic rings. The summed E-state index contributed by atoms with van der Waals surface area (Å²) in [6, 6.07) is 7.66. The molecule has 0 bridgehead atoms. The number of benzene rings is 1. The number of piperidine rings is 1. The fourth-order valence-electron chi connectivity index (χ4n) is 2.35. The standard InChI is InChI=1S/C15H17ClN2O/c1-11-9-12(16)3-4-13(11)14(19)18-7-5-15(2,10-17)6-8-18/h3-4,9H,5-8H2,1-2H3.